The highest BCUT2D eigenvalue weighted by atomic mass is 35.5. The summed E-state index contributed by atoms with van der Waals surface area (Å²) in [6.45, 7) is 0.303. The Balaban J connectivity index is 2.02. The number of anilines is 1. The van der Waals surface area contributed by atoms with E-state index in [9.17, 15) is 4.79 Å². The standard InChI is InChI=1S/C11H10ClN3O2/c12-9-2-1-7(5-10(9)13)11(16)14-6-8-3-4-17-15-8/h1-5H,6,13H2,(H,14,16). The second kappa shape index (κ2) is 4.88. The Hall–Kier alpha value is -2.01. The summed E-state index contributed by atoms with van der Waals surface area (Å²) in [7, 11) is 0. The number of amides is 1. The van der Waals surface area contributed by atoms with Crippen molar-refractivity contribution in [3.8, 4) is 0 Å². The van der Waals surface area contributed by atoms with Crippen LogP contribution in [0.3, 0.4) is 0 Å². The van der Waals surface area contributed by atoms with Gasteiger partial charge in [0.2, 0.25) is 0 Å². The monoisotopic (exact) mass is 251 g/mol. The number of aromatic nitrogens is 1. The summed E-state index contributed by atoms with van der Waals surface area (Å²) < 4.78 is 4.65. The molecule has 0 radical (unpaired) electrons. The lowest BCUT2D eigenvalue weighted by molar-refractivity contribution is 0.0950. The summed E-state index contributed by atoms with van der Waals surface area (Å²) in [5.74, 6) is -0.239. The van der Waals surface area contributed by atoms with Crippen molar-refractivity contribution < 1.29 is 9.32 Å². The smallest absolute Gasteiger partial charge is 0.251 e. The van der Waals surface area contributed by atoms with Crippen molar-refractivity contribution in [3.05, 3.63) is 46.8 Å². The molecular weight excluding hydrogens is 242 g/mol. The van der Waals surface area contributed by atoms with Gasteiger partial charge >= 0.3 is 0 Å². The van der Waals surface area contributed by atoms with E-state index in [1.54, 1.807) is 18.2 Å². The molecule has 1 heterocycles. The predicted octanol–water partition coefficient (Wildman–Crippen LogP) is 1.84. The molecule has 0 atom stereocenters. The first-order valence-electron chi connectivity index (χ1n) is 4.89. The molecule has 17 heavy (non-hydrogen) atoms. The van der Waals surface area contributed by atoms with Gasteiger partial charge in [0, 0.05) is 11.6 Å². The first-order valence-corrected chi connectivity index (χ1v) is 5.27. The number of carbonyl (C=O) groups excluding carboxylic acids is 1. The Kier molecular flexibility index (Phi) is 3.30. The zero-order valence-corrected chi connectivity index (χ0v) is 9.57. The highest BCUT2D eigenvalue weighted by molar-refractivity contribution is 6.33. The first kappa shape index (κ1) is 11.5. The van der Waals surface area contributed by atoms with Crippen molar-refractivity contribution in [3.63, 3.8) is 0 Å². The molecule has 0 bridgehead atoms. The second-order valence-corrected chi connectivity index (χ2v) is 3.82. The second-order valence-electron chi connectivity index (χ2n) is 3.41. The molecule has 3 N–H and O–H groups in total. The quantitative estimate of drug-likeness (QED) is 0.816. The van der Waals surface area contributed by atoms with Gasteiger partial charge in [-0.2, -0.15) is 0 Å². The number of rotatable bonds is 3. The molecule has 0 saturated carbocycles. The van der Waals surface area contributed by atoms with Crippen LogP contribution in [0, 0.1) is 0 Å². The van der Waals surface area contributed by atoms with Gasteiger partial charge in [-0.1, -0.05) is 16.8 Å². The third-order valence-corrected chi connectivity index (χ3v) is 2.52. The number of nitrogens with two attached hydrogens (primary N) is 1. The average molecular weight is 252 g/mol. The molecule has 0 aliphatic carbocycles. The lowest BCUT2D eigenvalue weighted by atomic mass is 10.2. The van der Waals surface area contributed by atoms with E-state index in [-0.39, 0.29) is 5.91 Å². The van der Waals surface area contributed by atoms with E-state index in [1.807, 2.05) is 0 Å². The SMILES string of the molecule is Nc1cc(C(=O)NCc2ccon2)ccc1Cl. The van der Waals surface area contributed by atoms with Gasteiger partial charge < -0.3 is 15.6 Å². The average Bonchev–Trinajstić information content (AvgIpc) is 2.82. The number of hydrogen-bond acceptors (Lipinski definition) is 4. The molecule has 1 aromatic carbocycles. The summed E-state index contributed by atoms with van der Waals surface area (Å²) in [5.41, 5.74) is 7.09. The zero-order valence-electron chi connectivity index (χ0n) is 8.81. The van der Waals surface area contributed by atoms with Crippen LogP contribution in [0.2, 0.25) is 5.02 Å². The molecule has 0 unspecified atom stereocenters. The maximum Gasteiger partial charge on any atom is 0.251 e. The molecular formula is C11H10ClN3O2. The fourth-order valence-corrected chi connectivity index (χ4v) is 1.40. The summed E-state index contributed by atoms with van der Waals surface area (Å²) in [6.07, 6.45) is 1.45. The molecule has 1 amide bonds. The zero-order chi connectivity index (χ0) is 12.3. The van der Waals surface area contributed by atoms with E-state index >= 15 is 0 Å². The summed E-state index contributed by atoms with van der Waals surface area (Å²) in [4.78, 5) is 11.7. The van der Waals surface area contributed by atoms with Gasteiger partial charge in [-0.05, 0) is 18.2 Å². The third-order valence-electron chi connectivity index (χ3n) is 2.18. The minimum Gasteiger partial charge on any atom is -0.398 e. The van der Waals surface area contributed by atoms with E-state index in [1.165, 1.54) is 12.3 Å². The maximum atomic E-state index is 11.7. The van der Waals surface area contributed by atoms with Crippen molar-refractivity contribution >= 4 is 23.2 Å². The number of nitrogens with zero attached hydrogens (tertiary/aromatic N) is 1. The molecule has 5 nitrogen and oxygen atoms in total. The summed E-state index contributed by atoms with van der Waals surface area (Å²) >= 11 is 5.76. The molecule has 0 aliphatic rings. The highest BCUT2D eigenvalue weighted by Crippen LogP contribution is 2.19. The molecule has 2 aromatic rings. The van der Waals surface area contributed by atoms with E-state index in [0.29, 0.717) is 28.5 Å². The minimum atomic E-state index is -0.239. The van der Waals surface area contributed by atoms with Crippen LogP contribution in [0.15, 0.2) is 35.1 Å². The van der Waals surface area contributed by atoms with Crippen molar-refractivity contribution in [2.45, 2.75) is 6.54 Å². The van der Waals surface area contributed by atoms with Crippen LogP contribution in [-0.2, 0) is 6.54 Å². The molecule has 1 aromatic heterocycles. The Morgan fingerprint density at radius 3 is 2.94 bits per heavy atom. The van der Waals surface area contributed by atoms with Crippen LogP contribution in [0.5, 0.6) is 0 Å². The van der Waals surface area contributed by atoms with Gasteiger partial charge in [-0.15, -0.1) is 0 Å². The molecule has 6 heteroatoms. The molecule has 88 valence electrons. The van der Waals surface area contributed by atoms with Crippen molar-refractivity contribution in [1.82, 2.24) is 10.5 Å². The number of benzene rings is 1. The van der Waals surface area contributed by atoms with Crippen LogP contribution < -0.4 is 11.1 Å². The summed E-state index contributed by atoms with van der Waals surface area (Å²) in [5, 5.41) is 6.79. The van der Waals surface area contributed by atoms with E-state index in [2.05, 4.69) is 15.0 Å². The predicted molar refractivity (Wildman–Crippen MR) is 63.5 cm³/mol. The van der Waals surface area contributed by atoms with Gasteiger partial charge in [0.25, 0.3) is 5.91 Å². The molecule has 0 spiro atoms. The fourth-order valence-electron chi connectivity index (χ4n) is 1.29. The normalized spacial score (nSPS) is 10.2. The topological polar surface area (TPSA) is 81.2 Å². The van der Waals surface area contributed by atoms with Crippen LogP contribution in [0.25, 0.3) is 0 Å². The lowest BCUT2D eigenvalue weighted by Gasteiger charge is -2.04. The molecule has 0 fully saturated rings. The Bertz CT molecular complexity index is 526. The minimum absolute atomic E-state index is 0.239. The van der Waals surface area contributed by atoms with Crippen molar-refractivity contribution in [2.24, 2.45) is 0 Å². The Labute approximate surface area is 103 Å². The van der Waals surface area contributed by atoms with Gasteiger partial charge in [-0.25, -0.2) is 0 Å². The van der Waals surface area contributed by atoms with E-state index < -0.39 is 0 Å². The van der Waals surface area contributed by atoms with Crippen molar-refractivity contribution in [1.29, 1.82) is 0 Å². The van der Waals surface area contributed by atoms with E-state index in [0.717, 1.165) is 0 Å². The van der Waals surface area contributed by atoms with Gasteiger partial charge in [0.15, 0.2) is 0 Å². The number of carbonyl (C=O) groups is 1. The lowest BCUT2D eigenvalue weighted by Crippen LogP contribution is -2.23. The largest absolute Gasteiger partial charge is 0.398 e. The maximum absolute atomic E-state index is 11.7. The third kappa shape index (κ3) is 2.76. The first-order chi connectivity index (χ1) is 8.16. The number of halogens is 1. The van der Waals surface area contributed by atoms with Crippen molar-refractivity contribution in [2.75, 3.05) is 5.73 Å². The fraction of sp³-hybridized carbons (Fsp3) is 0.0909. The number of hydrogen-bond donors (Lipinski definition) is 2. The molecule has 2 rings (SSSR count). The van der Waals surface area contributed by atoms with Crippen LogP contribution in [-0.4, -0.2) is 11.1 Å². The van der Waals surface area contributed by atoms with Gasteiger partial charge in [0.1, 0.15) is 12.0 Å². The van der Waals surface area contributed by atoms with Gasteiger partial charge in [0.05, 0.1) is 17.3 Å². The van der Waals surface area contributed by atoms with Crippen LogP contribution in [0.1, 0.15) is 16.1 Å². The number of nitrogen functional groups attached to an aromatic ring is 1. The summed E-state index contributed by atoms with van der Waals surface area (Å²) in [6, 6.07) is 6.40. The van der Waals surface area contributed by atoms with Crippen LogP contribution in [0.4, 0.5) is 5.69 Å². The molecule has 0 saturated heterocycles. The Morgan fingerprint density at radius 1 is 1.47 bits per heavy atom. The van der Waals surface area contributed by atoms with E-state index in [4.69, 9.17) is 17.3 Å². The van der Waals surface area contributed by atoms with Gasteiger partial charge in [-0.3, -0.25) is 4.79 Å². The Morgan fingerprint density at radius 2 is 2.29 bits per heavy atom. The number of nitrogens with one attached hydrogen (secondary N) is 1. The van der Waals surface area contributed by atoms with Crippen LogP contribution >= 0.6 is 11.6 Å². The highest BCUT2D eigenvalue weighted by Gasteiger charge is 2.07. The molecule has 0 aliphatic heterocycles.